The first-order valence-corrected chi connectivity index (χ1v) is 5.46. The van der Waals surface area contributed by atoms with E-state index < -0.39 is 0 Å². The maximum atomic E-state index is 5.93. The van der Waals surface area contributed by atoms with Gasteiger partial charge in [-0.25, -0.2) is 0 Å². The Morgan fingerprint density at radius 2 is 2.19 bits per heavy atom. The van der Waals surface area contributed by atoms with Crippen molar-refractivity contribution in [1.29, 1.82) is 0 Å². The molecule has 0 spiro atoms. The van der Waals surface area contributed by atoms with E-state index in [0.717, 1.165) is 17.8 Å². The van der Waals surface area contributed by atoms with Crippen molar-refractivity contribution in [3.8, 4) is 0 Å². The van der Waals surface area contributed by atoms with E-state index in [0.29, 0.717) is 5.92 Å². The van der Waals surface area contributed by atoms with Crippen LogP contribution in [0.1, 0.15) is 13.8 Å². The van der Waals surface area contributed by atoms with Gasteiger partial charge in [0, 0.05) is 18.2 Å². The monoisotopic (exact) mass is 211 g/mol. The third-order valence-corrected chi connectivity index (χ3v) is 2.90. The molecule has 0 aromatic rings. The highest BCUT2D eigenvalue weighted by molar-refractivity contribution is 6.06. The Kier molecular flexibility index (Phi) is 4.42. The van der Waals surface area contributed by atoms with Crippen molar-refractivity contribution in [3.05, 3.63) is 60.4 Å². The van der Waals surface area contributed by atoms with E-state index in [-0.39, 0.29) is 0 Å². The van der Waals surface area contributed by atoms with Gasteiger partial charge in [0.1, 0.15) is 0 Å². The predicted molar refractivity (Wildman–Crippen MR) is 71.9 cm³/mol. The lowest BCUT2D eigenvalue weighted by Crippen LogP contribution is -2.18. The molecular formula is C14H18BN. The zero-order valence-corrected chi connectivity index (χ0v) is 10.1. The van der Waals surface area contributed by atoms with Gasteiger partial charge in [0.05, 0.1) is 0 Å². The van der Waals surface area contributed by atoms with Crippen LogP contribution in [0.15, 0.2) is 60.4 Å². The first-order valence-electron chi connectivity index (χ1n) is 5.46. The number of rotatable bonds is 4. The van der Waals surface area contributed by atoms with E-state index in [4.69, 9.17) is 7.98 Å². The Hall–Kier alpha value is -1.44. The summed E-state index contributed by atoms with van der Waals surface area (Å²) >= 11 is 0. The van der Waals surface area contributed by atoms with E-state index in [1.54, 1.807) is 10.9 Å². The zero-order chi connectivity index (χ0) is 12.1. The van der Waals surface area contributed by atoms with Crippen molar-refractivity contribution < 1.29 is 0 Å². The molecule has 16 heavy (non-hydrogen) atoms. The van der Waals surface area contributed by atoms with E-state index >= 15 is 0 Å². The third kappa shape index (κ3) is 2.38. The summed E-state index contributed by atoms with van der Waals surface area (Å²) in [5.74, 6) is 0.302. The molecule has 1 nitrogen and oxygen atoms in total. The zero-order valence-electron chi connectivity index (χ0n) is 10.1. The second kappa shape index (κ2) is 5.59. The molecule has 0 N–H and O–H groups in total. The summed E-state index contributed by atoms with van der Waals surface area (Å²) in [5, 5.41) is 0. The summed E-state index contributed by atoms with van der Waals surface area (Å²) in [7, 11) is 5.93. The summed E-state index contributed by atoms with van der Waals surface area (Å²) in [6.45, 7) is 12.4. The van der Waals surface area contributed by atoms with Crippen LogP contribution in [0.2, 0.25) is 0 Å². The summed E-state index contributed by atoms with van der Waals surface area (Å²) in [5.41, 5.74) is 3.55. The topological polar surface area (TPSA) is 3.24 Å². The van der Waals surface area contributed by atoms with Gasteiger partial charge in [0.25, 0.3) is 0 Å². The maximum absolute atomic E-state index is 5.93. The molecule has 1 atom stereocenters. The third-order valence-electron chi connectivity index (χ3n) is 2.90. The smallest absolute Gasteiger partial charge is 0.226 e. The van der Waals surface area contributed by atoms with Gasteiger partial charge in [-0.1, -0.05) is 43.5 Å². The minimum Gasteiger partial charge on any atom is -0.427 e. The van der Waals surface area contributed by atoms with Crippen LogP contribution in [0.4, 0.5) is 0 Å². The van der Waals surface area contributed by atoms with Crippen LogP contribution >= 0.6 is 0 Å². The van der Waals surface area contributed by atoms with Gasteiger partial charge in [-0.15, -0.1) is 0 Å². The van der Waals surface area contributed by atoms with E-state index in [1.165, 1.54) is 5.57 Å². The average molecular weight is 211 g/mol. The Bertz CT molecular complexity index is 374. The van der Waals surface area contributed by atoms with Gasteiger partial charge in [0.2, 0.25) is 7.98 Å². The van der Waals surface area contributed by atoms with Crippen LogP contribution in [0.25, 0.3) is 0 Å². The molecule has 0 bridgehead atoms. The Balaban J connectivity index is 3.11. The number of hydrogen-bond acceptors (Lipinski definition) is 1. The fraction of sp³-hybridized carbons (Fsp3) is 0.286. The minimum absolute atomic E-state index is 0.302. The molecule has 0 saturated heterocycles. The average Bonchev–Trinajstić information content (AvgIpc) is 2.55. The van der Waals surface area contributed by atoms with E-state index in [1.807, 2.05) is 32.1 Å². The highest BCUT2D eigenvalue weighted by atomic mass is 15.1. The maximum Gasteiger partial charge on any atom is 0.226 e. The molecule has 0 fully saturated rings. The molecule has 0 amide bonds. The first-order chi connectivity index (χ1) is 7.65. The van der Waals surface area contributed by atoms with Gasteiger partial charge >= 0.3 is 0 Å². The van der Waals surface area contributed by atoms with Crippen LogP contribution in [0.3, 0.4) is 0 Å². The Morgan fingerprint density at radius 1 is 1.50 bits per heavy atom. The molecule has 82 valence electrons. The van der Waals surface area contributed by atoms with Gasteiger partial charge in [-0.2, -0.15) is 0 Å². The molecular weight excluding hydrogens is 193 g/mol. The second-order valence-corrected chi connectivity index (χ2v) is 3.85. The van der Waals surface area contributed by atoms with Crippen LogP contribution in [0, 0.1) is 5.92 Å². The van der Waals surface area contributed by atoms with Gasteiger partial charge in [0.15, 0.2) is 0 Å². The molecule has 2 heteroatoms. The van der Waals surface area contributed by atoms with Crippen molar-refractivity contribution in [2.45, 2.75) is 13.8 Å². The Morgan fingerprint density at radius 3 is 2.69 bits per heavy atom. The second-order valence-electron chi connectivity index (χ2n) is 3.85. The summed E-state index contributed by atoms with van der Waals surface area (Å²) in [4.78, 5) is 1.79. The van der Waals surface area contributed by atoms with Gasteiger partial charge in [-0.3, -0.25) is 0 Å². The highest BCUT2D eigenvalue weighted by Crippen LogP contribution is 2.33. The molecule has 1 heterocycles. The minimum atomic E-state index is 0.302. The number of hydrogen-bond donors (Lipinski definition) is 0. The summed E-state index contributed by atoms with van der Waals surface area (Å²) in [6, 6.07) is 0. The molecule has 0 aromatic heterocycles. The predicted octanol–water partition coefficient (Wildman–Crippen LogP) is 3.15. The Labute approximate surface area is 100.0 Å². The lowest BCUT2D eigenvalue weighted by molar-refractivity contribution is 0.557. The molecule has 1 unspecified atom stereocenters. The van der Waals surface area contributed by atoms with Crippen molar-refractivity contribution in [3.63, 3.8) is 0 Å². The SMILES string of the molecule is [B]N1CC(/C(C=C)=C/C=C)C(/C=C\C)=C1C. The van der Waals surface area contributed by atoms with Crippen LogP contribution in [-0.2, 0) is 0 Å². The molecule has 0 aromatic carbocycles. The lowest BCUT2D eigenvalue weighted by atomic mass is 9.91. The normalized spacial score (nSPS) is 22.0. The van der Waals surface area contributed by atoms with Crippen LogP contribution in [0.5, 0.6) is 0 Å². The van der Waals surface area contributed by atoms with Crippen LogP contribution in [-0.4, -0.2) is 19.3 Å². The number of allylic oxidation sites excluding steroid dienone is 6. The van der Waals surface area contributed by atoms with Crippen LogP contribution < -0.4 is 0 Å². The van der Waals surface area contributed by atoms with Crippen molar-refractivity contribution in [2.24, 2.45) is 5.92 Å². The fourth-order valence-electron chi connectivity index (χ4n) is 2.01. The molecule has 1 rings (SSSR count). The fourth-order valence-corrected chi connectivity index (χ4v) is 2.01. The van der Waals surface area contributed by atoms with Gasteiger partial charge in [-0.05, 0) is 25.0 Å². The summed E-state index contributed by atoms with van der Waals surface area (Å²) < 4.78 is 0. The first kappa shape index (κ1) is 12.6. The van der Waals surface area contributed by atoms with Crippen molar-refractivity contribution in [1.82, 2.24) is 4.81 Å². The molecule has 2 radical (unpaired) electrons. The van der Waals surface area contributed by atoms with Crippen molar-refractivity contribution >= 4 is 7.98 Å². The summed E-state index contributed by atoms with van der Waals surface area (Å²) in [6.07, 6.45) is 9.82. The molecule has 1 aliphatic rings. The lowest BCUT2D eigenvalue weighted by Gasteiger charge is -2.16. The number of nitrogens with zero attached hydrogens (tertiary/aromatic N) is 1. The van der Waals surface area contributed by atoms with Gasteiger partial charge < -0.3 is 4.81 Å². The molecule has 0 saturated carbocycles. The van der Waals surface area contributed by atoms with E-state index in [2.05, 4.69) is 19.2 Å². The van der Waals surface area contributed by atoms with E-state index in [9.17, 15) is 0 Å². The molecule has 0 aliphatic carbocycles. The quantitative estimate of drug-likeness (QED) is 0.510. The highest BCUT2D eigenvalue weighted by Gasteiger charge is 2.26. The van der Waals surface area contributed by atoms with Crippen molar-refractivity contribution in [2.75, 3.05) is 6.54 Å². The largest absolute Gasteiger partial charge is 0.427 e. The molecule has 1 aliphatic heterocycles. The standard InChI is InChI=1S/C14H18BN/c1-5-8-12(7-3)14-10-16(15)11(4)13(14)9-6-2/h5-9,14H,1,3,10H2,2,4H3/b9-6-,12-8+.